The van der Waals surface area contributed by atoms with Gasteiger partial charge in [-0.15, -0.1) is 0 Å². The number of nitrogens with one attached hydrogen (secondary N) is 1. The molecular formula is C32H38FN5O5. The lowest BCUT2D eigenvalue weighted by atomic mass is 10.0. The molecule has 1 saturated carbocycles. The Morgan fingerprint density at radius 2 is 1.72 bits per heavy atom. The summed E-state index contributed by atoms with van der Waals surface area (Å²) in [4.78, 5) is 50.7. The fraction of sp³-hybridized carbons (Fsp3) is 0.406. The van der Waals surface area contributed by atoms with Gasteiger partial charge in [-0.2, -0.15) is 0 Å². The van der Waals surface area contributed by atoms with E-state index in [1.54, 1.807) is 4.90 Å². The topological polar surface area (TPSA) is 125 Å². The monoisotopic (exact) mass is 591 g/mol. The molecule has 0 atom stereocenters. The first-order valence-electron chi connectivity index (χ1n) is 14.3. The molecule has 0 unspecified atom stereocenters. The fourth-order valence-corrected chi connectivity index (χ4v) is 4.74. The molecule has 2 aliphatic rings. The van der Waals surface area contributed by atoms with E-state index in [1.807, 2.05) is 25.7 Å². The van der Waals surface area contributed by atoms with E-state index in [1.165, 1.54) is 36.7 Å². The molecule has 0 radical (unpaired) electrons. The summed E-state index contributed by atoms with van der Waals surface area (Å²) in [5, 5.41) is 11.5. The Morgan fingerprint density at radius 3 is 2.28 bits per heavy atom. The third kappa shape index (κ3) is 8.35. The van der Waals surface area contributed by atoms with Crippen molar-refractivity contribution in [1.82, 2.24) is 25.1 Å². The minimum absolute atomic E-state index is 0.00813. The lowest BCUT2D eigenvalue weighted by Gasteiger charge is -2.39. The first-order chi connectivity index (χ1) is 20.4. The molecule has 1 aromatic carbocycles. The quantitative estimate of drug-likeness (QED) is 0.407. The number of aliphatic hydroxyl groups excluding tert-OH is 1. The summed E-state index contributed by atoms with van der Waals surface area (Å²) in [6.45, 7) is 13.6. The first-order valence-corrected chi connectivity index (χ1v) is 14.3. The van der Waals surface area contributed by atoms with Crippen LogP contribution in [-0.4, -0.2) is 80.2 Å². The second-order valence-corrected chi connectivity index (χ2v) is 11.8. The number of rotatable bonds is 9. The van der Waals surface area contributed by atoms with E-state index in [2.05, 4.69) is 28.4 Å². The Kier molecular flexibility index (Phi) is 9.75. The van der Waals surface area contributed by atoms with Crippen LogP contribution in [0.3, 0.4) is 0 Å². The number of hydrogen-bond acceptors (Lipinski definition) is 7. The van der Waals surface area contributed by atoms with Crippen LogP contribution in [0.4, 0.5) is 9.18 Å². The molecule has 2 heterocycles. The van der Waals surface area contributed by atoms with Crippen LogP contribution in [0.15, 0.2) is 67.2 Å². The van der Waals surface area contributed by atoms with Gasteiger partial charge in [0, 0.05) is 48.8 Å². The highest BCUT2D eigenvalue weighted by atomic mass is 19.1. The van der Waals surface area contributed by atoms with Crippen molar-refractivity contribution in [1.29, 1.82) is 0 Å². The van der Waals surface area contributed by atoms with Gasteiger partial charge in [-0.25, -0.2) is 19.2 Å². The van der Waals surface area contributed by atoms with Crippen LogP contribution in [0.2, 0.25) is 0 Å². The van der Waals surface area contributed by atoms with Crippen molar-refractivity contribution in [3.05, 3.63) is 84.1 Å². The van der Waals surface area contributed by atoms with E-state index in [4.69, 9.17) is 9.84 Å². The molecule has 2 N–H and O–H groups in total. The van der Waals surface area contributed by atoms with Crippen LogP contribution in [0.5, 0.6) is 0 Å². The van der Waals surface area contributed by atoms with Crippen molar-refractivity contribution in [2.45, 2.75) is 64.1 Å². The molecule has 1 aliphatic carbocycles. The maximum absolute atomic E-state index is 14.9. The molecule has 11 heteroatoms. The Balaban J connectivity index is 1.39. The summed E-state index contributed by atoms with van der Waals surface area (Å²) in [7, 11) is 0. The number of aliphatic hydroxyl groups is 1. The van der Waals surface area contributed by atoms with Gasteiger partial charge in [0.25, 0.3) is 11.8 Å². The summed E-state index contributed by atoms with van der Waals surface area (Å²) in [5.74, 6) is -1.42. The smallest absolute Gasteiger partial charge is 0.410 e. The molecule has 2 fully saturated rings. The molecule has 228 valence electrons. The highest BCUT2D eigenvalue weighted by Crippen LogP contribution is 2.33. The highest BCUT2D eigenvalue weighted by molar-refractivity contribution is 5.96. The highest BCUT2D eigenvalue weighted by Gasteiger charge is 2.40. The normalized spacial score (nSPS) is 15.7. The van der Waals surface area contributed by atoms with Crippen LogP contribution < -0.4 is 5.32 Å². The fourth-order valence-electron chi connectivity index (χ4n) is 4.74. The zero-order valence-corrected chi connectivity index (χ0v) is 24.8. The van der Waals surface area contributed by atoms with Crippen molar-refractivity contribution in [2.24, 2.45) is 0 Å². The molecule has 3 amide bonds. The van der Waals surface area contributed by atoms with Gasteiger partial charge in [0.05, 0.1) is 17.7 Å². The van der Waals surface area contributed by atoms with Crippen LogP contribution >= 0.6 is 0 Å². The number of benzene rings is 1. The average Bonchev–Trinajstić information content (AvgIpc) is 3.80. The number of nitrogens with zero attached hydrogens (tertiary/aromatic N) is 4. The molecule has 10 nitrogen and oxygen atoms in total. The van der Waals surface area contributed by atoms with Crippen LogP contribution in [0, 0.1) is 5.82 Å². The second kappa shape index (κ2) is 13.3. The lowest BCUT2D eigenvalue weighted by Crippen LogP contribution is -2.50. The third-order valence-corrected chi connectivity index (χ3v) is 7.05. The van der Waals surface area contributed by atoms with Gasteiger partial charge in [0.2, 0.25) is 0 Å². The van der Waals surface area contributed by atoms with Gasteiger partial charge in [0.15, 0.2) is 5.82 Å². The van der Waals surface area contributed by atoms with Crippen molar-refractivity contribution < 1.29 is 28.6 Å². The van der Waals surface area contributed by atoms with Crippen LogP contribution in [-0.2, 0) is 4.74 Å². The molecule has 1 saturated heterocycles. The number of piperidine rings is 1. The Labute approximate surface area is 251 Å². The van der Waals surface area contributed by atoms with Gasteiger partial charge in [-0.3, -0.25) is 9.59 Å². The Hall–Kier alpha value is -4.38. The predicted molar refractivity (Wildman–Crippen MR) is 159 cm³/mol. The minimum atomic E-state index is -0.770. The van der Waals surface area contributed by atoms with Crippen molar-refractivity contribution in [3.8, 4) is 11.4 Å². The van der Waals surface area contributed by atoms with Gasteiger partial charge in [0.1, 0.15) is 11.4 Å². The molecule has 4 rings (SSSR count). The van der Waals surface area contributed by atoms with E-state index in [0.29, 0.717) is 42.6 Å². The van der Waals surface area contributed by atoms with Crippen molar-refractivity contribution in [3.63, 3.8) is 0 Å². The summed E-state index contributed by atoms with van der Waals surface area (Å²) < 4.78 is 20.4. The Morgan fingerprint density at radius 1 is 1.09 bits per heavy atom. The predicted octanol–water partition coefficient (Wildman–Crippen LogP) is 4.64. The van der Waals surface area contributed by atoms with Crippen molar-refractivity contribution in [2.75, 3.05) is 19.7 Å². The number of amides is 3. The summed E-state index contributed by atoms with van der Waals surface area (Å²) in [6, 6.07) is 4.15. The molecule has 1 aromatic heterocycles. The van der Waals surface area contributed by atoms with Crippen LogP contribution in [0.25, 0.3) is 11.4 Å². The molecule has 1 aliphatic heterocycles. The lowest BCUT2D eigenvalue weighted by molar-refractivity contribution is 0.0142. The average molecular weight is 592 g/mol. The largest absolute Gasteiger partial charge is 0.444 e. The number of carbonyl (C=O) groups excluding carboxylic acids is 3. The zero-order valence-electron chi connectivity index (χ0n) is 24.8. The van der Waals surface area contributed by atoms with E-state index < -0.39 is 17.3 Å². The number of aromatic nitrogens is 2. The van der Waals surface area contributed by atoms with E-state index in [9.17, 15) is 18.8 Å². The molecule has 0 bridgehead atoms. The van der Waals surface area contributed by atoms with E-state index in [-0.39, 0.29) is 47.8 Å². The van der Waals surface area contributed by atoms with Crippen molar-refractivity contribution >= 4 is 17.9 Å². The second-order valence-electron chi connectivity index (χ2n) is 11.8. The van der Waals surface area contributed by atoms with Crippen LogP contribution in [0.1, 0.15) is 67.2 Å². The standard InChI is InChI=1S/C32H38FN5O5/c1-20(19-39)6-7-21(2)36-29(40)26-11-8-22(16-27(26)33)28-34-17-23(18-35-28)30(41)38(24-9-10-24)25-12-14-37(15-13-25)31(42)43-32(3,4)5/h6-8,11,16-18,24-25,39H,1-2,9-10,12-15,19H2,3-5H3,(H,36,40)/b7-6-. The zero-order chi connectivity index (χ0) is 31.3. The third-order valence-electron chi connectivity index (χ3n) is 7.05. The van der Waals surface area contributed by atoms with Gasteiger partial charge in [-0.1, -0.05) is 25.3 Å². The van der Waals surface area contributed by atoms with Gasteiger partial charge >= 0.3 is 6.09 Å². The van der Waals surface area contributed by atoms with Gasteiger partial charge < -0.3 is 25.0 Å². The molecule has 2 aromatic rings. The molecular weight excluding hydrogens is 553 g/mol. The Bertz CT molecular complexity index is 1420. The maximum Gasteiger partial charge on any atom is 0.410 e. The number of allylic oxidation sites excluding steroid dienone is 1. The number of hydrogen-bond donors (Lipinski definition) is 2. The number of halogens is 1. The summed E-state index contributed by atoms with van der Waals surface area (Å²) >= 11 is 0. The van der Waals surface area contributed by atoms with Gasteiger partial charge in [-0.05, 0) is 70.2 Å². The number of carbonyl (C=O) groups is 3. The summed E-state index contributed by atoms with van der Waals surface area (Å²) in [5.41, 5.74) is 0.560. The number of ether oxygens (including phenoxy) is 1. The maximum atomic E-state index is 14.9. The van der Waals surface area contributed by atoms with E-state index in [0.717, 1.165) is 18.9 Å². The SMILES string of the molecule is C=C(/C=C\C(=C)NC(=O)c1ccc(-c2ncc(C(=O)N(C3CC3)C3CCN(C(=O)OC(C)(C)C)CC3)cn2)cc1F)CO. The summed E-state index contributed by atoms with van der Waals surface area (Å²) in [6.07, 6.45) is 8.64. The minimum Gasteiger partial charge on any atom is -0.444 e. The van der Waals surface area contributed by atoms with E-state index >= 15 is 0 Å². The first kappa shape index (κ1) is 31.6. The molecule has 43 heavy (non-hydrogen) atoms. The molecule has 0 spiro atoms. The number of likely N-dealkylation sites (tertiary alicyclic amines) is 1.